The highest BCUT2D eigenvalue weighted by Gasteiger charge is 2.34. The molecule has 1 heterocycles. The van der Waals surface area contributed by atoms with Crippen LogP contribution in [0.1, 0.15) is 27.2 Å². The third-order valence-electron chi connectivity index (χ3n) is 3.64. The largest absolute Gasteiger partial charge is 0.342 e. The van der Waals surface area contributed by atoms with Gasteiger partial charge in [-0.15, -0.1) is 0 Å². The molecule has 6 nitrogen and oxygen atoms in total. The first kappa shape index (κ1) is 17.0. The average Bonchev–Trinajstić information content (AvgIpc) is 2.81. The minimum absolute atomic E-state index is 0.0415. The molecular weight excluding hydrogens is 294 g/mol. The van der Waals surface area contributed by atoms with E-state index in [0.717, 1.165) is 0 Å². The molecule has 0 radical (unpaired) electrons. The Kier molecular flexibility index (Phi) is 5.36. The number of hydrogen-bond acceptors (Lipinski definition) is 3. The van der Waals surface area contributed by atoms with Gasteiger partial charge in [-0.1, -0.05) is 13.8 Å². The maximum atomic E-state index is 12.3. The summed E-state index contributed by atoms with van der Waals surface area (Å²) >= 11 is 0. The zero-order chi connectivity index (χ0) is 17.0. The summed E-state index contributed by atoms with van der Waals surface area (Å²) in [5.41, 5.74) is 1.33. The molecule has 0 aromatic heterocycles. The quantitative estimate of drug-likeness (QED) is 0.873. The molecule has 1 aliphatic rings. The Hall–Kier alpha value is -2.37. The van der Waals surface area contributed by atoms with Crippen molar-refractivity contribution < 1.29 is 14.4 Å². The summed E-state index contributed by atoms with van der Waals surface area (Å²) in [6.45, 7) is 6.71. The molecule has 1 saturated heterocycles. The van der Waals surface area contributed by atoms with Crippen molar-refractivity contribution in [1.82, 2.24) is 4.90 Å². The third kappa shape index (κ3) is 4.81. The lowest BCUT2D eigenvalue weighted by Crippen LogP contribution is -2.31. The van der Waals surface area contributed by atoms with E-state index in [1.165, 1.54) is 6.92 Å². The average molecular weight is 317 g/mol. The van der Waals surface area contributed by atoms with Gasteiger partial charge in [0.05, 0.1) is 5.92 Å². The molecule has 3 amide bonds. The van der Waals surface area contributed by atoms with Crippen LogP contribution in [0, 0.1) is 11.8 Å². The monoisotopic (exact) mass is 317 g/mol. The molecule has 124 valence electrons. The topological polar surface area (TPSA) is 78.5 Å². The summed E-state index contributed by atoms with van der Waals surface area (Å²) in [7, 11) is 0. The first-order valence-electron chi connectivity index (χ1n) is 7.81. The Bertz CT molecular complexity index is 596. The Morgan fingerprint density at radius 3 is 2.26 bits per heavy atom. The highest BCUT2D eigenvalue weighted by atomic mass is 16.2. The fourth-order valence-corrected chi connectivity index (χ4v) is 2.65. The number of carbonyl (C=O) groups is 3. The molecule has 1 aliphatic heterocycles. The molecule has 2 rings (SSSR count). The van der Waals surface area contributed by atoms with Crippen LogP contribution in [-0.4, -0.2) is 35.7 Å². The second kappa shape index (κ2) is 7.26. The number of benzene rings is 1. The summed E-state index contributed by atoms with van der Waals surface area (Å²) in [6, 6.07) is 6.90. The standard InChI is InChI=1S/C17H23N3O3/c1-11(2)9-20-10-13(8-16(20)22)17(23)19-15-6-4-14(5-7-15)18-12(3)21/h4-7,11,13H,8-10H2,1-3H3,(H,18,21)(H,19,23). The Morgan fingerprint density at radius 2 is 1.74 bits per heavy atom. The van der Waals surface area contributed by atoms with E-state index in [1.807, 2.05) is 0 Å². The molecule has 23 heavy (non-hydrogen) atoms. The van der Waals surface area contributed by atoms with Crippen LogP contribution in [0.25, 0.3) is 0 Å². The molecule has 6 heteroatoms. The van der Waals surface area contributed by atoms with Crippen LogP contribution in [0.15, 0.2) is 24.3 Å². The van der Waals surface area contributed by atoms with Gasteiger partial charge in [0, 0.05) is 37.8 Å². The van der Waals surface area contributed by atoms with Crippen molar-refractivity contribution in [1.29, 1.82) is 0 Å². The summed E-state index contributed by atoms with van der Waals surface area (Å²) in [5.74, 6) is -0.161. The van der Waals surface area contributed by atoms with Gasteiger partial charge >= 0.3 is 0 Å². The van der Waals surface area contributed by atoms with Crippen LogP contribution in [0.5, 0.6) is 0 Å². The lowest BCUT2D eigenvalue weighted by Gasteiger charge is -2.18. The van der Waals surface area contributed by atoms with Gasteiger partial charge in [0.15, 0.2) is 0 Å². The van der Waals surface area contributed by atoms with E-state index in [9.17, 15) is 14.4 Å². The van der Waals surface area contributed by atoms with E-state index < -0.39 is 0 Å². The number of amides is 3. The van der Waals surface area contributed by atoms with Crippen molar-refractivity contribution in [3.8, 4) is 0 Å². The molecule has 1 atom stereocenters. The molecule has 1 aromatic rings. The summed E-state index contributed by atoms with van der Waals surface area (Å²) in [6.07, 6.45) is 0.266. The van der Waals surface area contributed by atoms with Crippen LogP contribution in [0.3, 0.4) is 0 Å². The van der Waals surface area contributed by atoms with Crippen LogP contribution >= 0.6 is 0 Å². The zero-order valence-electron chi connectivity index (χ0n) is 13.8. The van der Waals surface area contributed by atoms with E-state index in [1.54, 1.807) is 29.2 Å². The van der Waals surface area contributed by atoms with Gasteiger partial charge in [0.2, 0.25) is 17.7 Å². The molecule has 0 aliphatic carbocycles. The van der Waals surface area contributed by atoms with Gasteiger partial charge < -0.3 is 15.5 Å². The summed E-state index contributed by atoms with van der Waals surface area (Å²) in [5, 5.41) is 5.50. The predicted octanol–water partition coefficient (Wildman–Crippen LogP) is 2.09. The Balaban J connectivity index is 1.92. The van der Waals surface area contributed by atoms with Crippen molar-refractivity contribution >= 4 is 29.1 Å². The lowest BCUT2D eigenvalue weighted by atomic mass is 10.1. The van der Waals surface area contributed by atoms with Crippen LogP contribution in [-0.2, 0) is 14.4 Å². The van der Waals surface area contributed by atoms with Crippen LogP contribution < -0.4 is 10.6 Å². The van der Waals surface area contributed by atoms with Crippen molar-refractivity contribution in [3.63, 3.8) is 0 Å². The fraction of sp³-hybridized carbons (Fsp3) is 0.471. The Labute approximate surface area is 136 Å². The normalized spacial score (nSPS) is 17.5. The molecule has 0 saturated carbocycles. The molecule has 2 N–H and O–H groups in total. The first-order valence-corrected chi connectivity index (χ1v) is 7.81. The minimum atomic E-state index is -0.309. The highest BCUT2D eigenvalue weighted by Crippen LogP contribution is 2.21. The van der Waals surface area contributed by atoms with E-state index in [-0.39, 0.29) is 30.1 Å². The second-order valence-electron chi connectivity index (χ2n) is 6.34. The van der Waals surface area contributed by atoms with E-state index >= 15 is 0 Å². The van der Waals surface area contributed by atoms with Gasteiger partial charge in [0.1, 0.15) is 0 Å². The number of nitrogens with one attached hydrogen (secondary N) is 2. The molecule has 0 spiro atoms. The molecule has 0 bridgehead atoms. The Morgan fingerprint density at radius 1 is 1.17 bits per heavy atom. The van der Waals surface area contributed by atoms with Gasteiger partial charge in [-0.3, -0.25) is 14.4 Å². The lowest BCUT2D eigenvalue weighted by molar-refractivity contribution is -0.128. The third-order valence-corrected chi connectivity index (χ3v) is 3.64. The van der Waals surface area contributed by atoms with E-state index in [0.29, 0.717) is 30.4 Å². The van der Waals surface area contributed by atoms with Gasteiger partial charge in [-0.2, -0.15) is 0 Å². The van der Waals surface area contributed by atoms with Crippen molar-refractivity contribution in [2.75, 3.05) is 23.7 Å². The van der Waals surface area contributed by atoms with Crippen LogP contribution in [0.2, 0.25) is 0 Å². The SMILES string of the molecule is CC(=O)Nc1ccc(NC(=O)C2CC(=O)N(CC(C)C)C2)cc1. The van der Waals surface area contributed by atoms with Gasteiger partial charge in [0.25, 0.3) is 0 Å². The van der Waals surface area contributed by atoms with Crippen LogP contribution in [0.4, 0.5) is 11.4 Å². The van der Waals surface area contributed by atoms with Gasteiger partial charge in [-0.05, 0) is 30.2 Å². The van der Waals surface area contributed by atoms with E-state index in [2.05, 4.69) is 24.5 Å². The predicted molar refractivity (Wildman–Crippen MR) is 88.9 cm³/mol. The summed E-state index contributed by atoms with van der Waals surface area (Å²) in [4.78, 5) is 37.0. The van der Waals surface area contributed by atoms with E-state index in [4.69, 9.17) is 0 Å². The smallest absolute Gasteiger partial charge is 0.229 e. The van der Waals surface area contributed by atoms with Gasteiger partial charge in [-0.25, -0.2) is 0 Å². The number of likely N-dealkylation sites (tertiary alicyclic amines) is 1. The molecular formula is C17H23N3O3. The first-order chi connectivity index (χ1) is 10.8. The summed E-state index contributed by atoms with van der Waals surface area (Å²) < 4.78 is 0. The number of carbonyl (C=O) groups excluding carboxylic acids is 3. The zero-order valence-corrected chi connectivity index (χ0v) is 13.8. The van der Waals surface area contributed by atoms with Crippen molar-refractivity contribution in [3.05, 3.63) is 24.3 Å². The van der Waals surface area contributed by atoms with Crippen molar-refractivity contribution in [2.24, 2.45) is 11.8 Å². The maximum absolute atomic E-state index is 12.3. The number of hydrogen-bond donors (Lipinski definition) is 2. The number of rotatable bonds is 5. The fourth-order valence-electron chi connectivity index (χ4n) is 2.65. The number of anilines is 2. The molecule has 1 unspecified atom stereocenters. The molecule has 1 aromatic carbocycles. The second-order valence-corrected chi connectivity index (χ2v) is 6.34. The molecule has 1 fully saturated rings. The van der Waals surface area contributed by atoms with Crippen molar-refractivity contribution in [2.45, 2.75) is 27.2 Å². The number of nitrogens with zero attached hydrogens (tertiary/aromatic N) is 1. The minimum Gasteiger partial charge on any atom is -0.342 e. The maximum Gasteiger partial charge on any atom is 0.229 e. The highest BCUT2D eigenvalue weighted by molar-refractivity contribution is 5.97.